The molecule has 0 unspecified atom stereocenters. The van der Waals surface area contributed by atoms with Gasteiger partial charge >= 0.3 is 0 Å². The van der Waals surface area contributed by atoms with Crippen LogP contribution in [0.5, 0.6) is 0 Å². The molecule has 0 radical (unpaired) electrons. The molecular formula is C23H17ClN6O. The number of aromatic nitrogens is 5. The summed E-state index contributed by atoms with van der Waals surface area (Å²) in [6.45, 7) is 0.490. The largest absolute Gasteiger partial charge is 0.416 e. The smallest absolute Gasteiger partial charge is 0.250 e. The van der Waals surface area contributed by atoms with Gasteiger partial charge in [-0.3, -0.25) is 0 Å². The fourth-order valence-electron chi connectivity index (χ4n) is 3.14. The van der Waals surface area contributed by atoms with Crippen molar-refractivity contribution in [3.8, 4) is 28.6 Å². The Morgan fingerprint density at radius 2 is 1.55 bits per heavy atom. The van der Waals surface area contributed by atoms with Gasteiger partial charge in [-0.05, 0) is 48.5 Å². The summed E-state index contributed by atoms with van der Waals surface area (Å²) in [6, 6.07) is 24.9. The average molecular weight is 429 g/mol. The standard InChI is InChI=1S/C23H17ClN6O/c24-17-10-12-19(13-11-17)30-15-18(26-29-30)14-25-21-9-5-4-8-20(21)23-28-27-22(31-23)16-6-2-1-3-7-16/h1-13,15,25H,14H2. The molecule has 0 amide bonds. The number of halogens is 1. The predicted octanol–water partition coefficient (Wildman–Crippen LogP) is 5.25. The van der Waals surface area contributed by atoms with Crippen molar-refractivity contribution in [3.63, 3.8) is 0 Å². The van der Waals surface area contributed by atoms with Crippen LogP contribution >= 0.6 is 11.6 Å². The summed E-state index contributed by atoms with van der Waals surface area (Å²) in [6.07, 6.45) is 1.87. The second-order valence-electron chi connectivity index (χ2n) is 6.81. The van der Waals surface area contributed by atoms with Crippen molar-refractivity contribution in [2.45, 2.75) is 6.54 Å². The molecule has 5 aromatic rings. The van der Waals surface area contributed by atoms with E-state index in [9.17, 15) is 0 Å². The highest BCUT2D eigenvalue weighted by molar-refractivity contribution is 6.30. The van der Waals surface area contributed by atoms with Gasteiger partial charge in [0.2, 0.25) is 11.8 Å². The van der Waals surface area contributed by atoms with Gasteiger partial charge in [0.25, 0.3) is 0 Å². The number of nitrogens with one attached hydrogen (secondary N) is 1. The SMILES string of the molecule is Clc1ccc(-n2cc(CNc3ccccc3-c3nnc(-c4ccccc4)o3)nn2)cc1. The third-order valence-corrected chi connectivity index (χ3v) is 4.95. The van der Waals surface area contributed by atoms with Crippen LogP contribution in [0.4, 0.5) is 5.69 Å². The Hall–Kier alpha value is -3.97. The Kier molecular flexibility index (Phi) is 5.16. The molecule has 8 heteroatoms. The molecule has 7 nitrogen and oxygen atoms in total. The van der Waals surface area contributed by atoms with Crippen LogP contribution in [0.25, 0.3) is 28.6 Å². The van der Waals surface area contributed by atoms with Gasteiger partial charge in [0.05, 0.1) is 24.0 Å². The summed E-state index contributed by atoms with van der Waals surface area (Å²) >= 11 is 5.95. The van der Waals surface area contributed by atoms with Crippen LogP contribution in [0.15, 0.2) is 89.5 Å². The first kappa shape index (κ1) is 19.0. The van der Waals surface area contributed by atoms with E-state index >= 15 is 0 Å². The van der Waals surface area contributed by atoms with Crippen LogP contribution in [0, 0.1) is 0 Å². The van der Waals surface area contributed by atoms with E-state index in [0.29, 0.717) is 23.3 Å². The molecule has 0 aliphatic carbocycles. The van der Waals surface area contributed by atoms with Gasteiger partial charge in [0, 0.05) is 16.3 Å². The molecular weight excluding hydrogens is 412 g/mol. The number of anilines is 1. The minimum atomic E-state index is 0.451. The normalized spacial score (nSPS) is 10.9. The molecule has 0 atom stereocenters. The summed E-state index contributed by atoms with van der Waals surface area (Å²) in [7, 11) is 0. The van der Waals surface area contributed by atoms with E-state index in [4.69, 9.17) is 16.0 Å². The van der Waals surface area contributed by atoms with Crippen LogP contribution < -0.4 is 5.32 Å². The monoisotopic (exact) mass is 428 g/mol. The summed E-state index contributed by atoms with van der Waals surface area (Å²) in [4.78, 5) is 0. The second-order valence-corrected chi connectivity index (χ2v) is 7.24. The first-order chi connectivity index (χ1) is 15.3. The zero-order valence-electron chi connectivity index (χ0n) is 16.3. The van der Waals surface area contributed by atoms with Crippen molar-refractivity contribution in [3.05, 3.63) is 95.8 Å². The van der Waals surface area contributed by atoms with Crippen molar-refractivity contribution in [1.29, 1.82) is 0 Å². The number of para-hydroxylation sites is 1. The lowest BCUT2D eigenvalue weighted by Crippen LogP contribution is -2.01. The van der Waals surface area contributed by atoms with E-state index < -0.39 is 0 Å². The maximum absolute atomic E-state index is 5.95. The van der Waals surface area contributed by atoms with Gasteiger partial charge in [0.1, 0.15) is 5.69 Å². The fourth-order valence-corrected chi connectivity index (χ4v) is 3.26. The molecule has 1 N–H and O–H groups in total. The number of rotatable bonds is 6. The predicted molar refractivity (Wildman–Crippen MR) is 119 cm³/mol. The lowest BCUT2D eigenvalue weighted by atomic mass is 10.1. The van der Waals surface area contributed by atoms with Crippen LogP contribution in [-0.4, -0.2) is 25.2 Å². The molecule has 0 saturated carbocycles. The van der Waals surface area contributed by atoms with E-state index in [-0.39, 0.29) is 0 Å². The molecule has 5 rings (SSSR count). The van der Waals surface area contributed by atoms with E-state index in [0.717, 1.165) is 28.2 Å². The highest BCUT2D eigenvalue weighted by atomic mass is 35.5. The first-order valence-electron chi connectivity index (χ1n) is 9.66. The molecule has 0 fully saturated rings. The Morgan fingerprint density at radius 3 is 2.39 bits per heavy atom. The van der Waals surface area contributed by atoms with E-state index in [1.165, 1.54) is 0 Å². The van der Waals surface area contributed by atoms with Gasteiger partial charge in [-0.1, -0.05) is 47.1 Å². The van der Waals surface area contributed by atoms with Gasteiger partial charge in [-0.25, -0.2) is 4.68 Å². The van der Waals surface area contributed by atoms with Crippen molar-refractivity contribution in [2.75, 3.05) is 5.32 Å². The summed E-state index contributed by atoms with van der Waals surface area (Å²) < 4.78 is 7.63. The third kappa shape index (κ3) is 4.17. The van der Waals surface area contributed by atoms with Crippen molar-refractivity contribution in [1.82, 2.24) is 25.2 Å². The third-order valence-electron chi connectivity index (χ3n) is 4.70. The van der Waals surface area contributed by atoms with E-state index in [2.05, 4.69) is 25.8 Å². The zero-order chi connectivity index (χ0) is 21.0. The molecule has 31 heavy (non-hydrogen) atoms. The van der Waals surface area contributed by atoms with Crippen LogP contribution in [0.3, 0.4) is 0 Å². The maximum atomic E-state index is 5.95. The quantitative estimate of drug-likeness (QED) is 0.397. The highest BCUT2D eigenvalue weighted by Gasteiger charge is 2.14. The van der Waals surface area contributed by atoms with Crippen molar-refractivity contribution < 1.29 is 4.42 Å². The van der Waals surface area contributed by atoms with Crippen LogP contribution in [0.1, 0.15) is 5.69 Å². The summed E-state index contributed by atoms with van der Waals surface area (Å²) in [5, 5.41) is 20.9. The van der Waals surface area contributed by atoms with Crippen molar-refractivity contribution >= 4 is 17.3 Å². The van der Waals surface area contributed by atoms with Gasteiger partial charge < -0.3 is 9.73 Å². The lowest BCUT2D eigenvalue weighted by molar-refractivity contribution is 0.585. The van der Waals surface area contributed by atoms with Crippen LogP contribution in [-0.2, 0) is 6.54 Å². The molecule has 0 saturated heterocycles. The molecule has 3 aromatic carbocycles. The minimum absolute atomic E-state index is 0.451. The number of nitrogens with zero attached hydrogens (tertiary/aromatic N) is 5. The maximum Gasteiger partial charge on any atom is 0.250 e. The molecule has 0 aliphatic heterocycles. The fraction of sp³-hybridized carbons (Fsp3) is 0.0435. The Morgan fingerprint density at radius 1 is 0.806 bits per heavy atom. The lowest BCUT2D eigenvalue weighted by Gasteiger charge is -2.08. The molecule has 0 bridgehead atoms. The van der Waals surface area contributed by atoms with Crippen LogP contribution in [0.2, 0.25) is 5.02 Å². The Bertz CT molecular complexity index is 1300. The number of hydrogen-bond acceptors (Lipinski definition) is 6. The molecule has 2 aromatic heterocycles. The number of benzene rings is 3. The summed E-state index contributed by atoms with van der Waals surface area (Å²) in [5.41, 5.74) is 4.25. The molecule has 152 valence electrons. The first-order valence-corrected chi connectivity index (χ1v) is 10.0. The topological polar surface area (TPSA) is 81.7 Å². The molecule has 0 spiro atoms. The molecule has 2 heterocycles. The Labute approximate surface area is 183 Å². The van der Waals surface area contributed by atoms with Gasteiger partial charge in [-0.15, -0.1) is 15.3 Å². The Balaban J connectivity index is 1.34. The van der Waals surface area contributed by atoms with E-state index in [1.807, 2.05) is 85.1 Å². The van der Waals surface area contributed by atoms with Crippen molar-refractivity contribution in [2.24, 2.45) is 0 Å². The molecule has 0 aliphatic rings. The number of hydrogen-bond donors (Lipinski definition) is 1. The van der Waals surface area contributed by atoms with Gasteiger partial charge in [-0.2, -0.15) is 0 Å². The highest BCUT2D eigenvalue weighted by Crippen LogP contribution is 2.29. The minimum Gasteiger partial charge on any atom is -0.416 e. The average Bonchev–Trinajstić information content (AvgIpc) is 3.49. The second kappa shape index (κ2) is 8.41. The summed E-state index contributed by atoms with van der Waals surface area (Å²) in [5.74, 6) is 0.933. The van der Waals surface area contributed by atoms with E-state index in [1.54, 1.807) is 4.68 Å². The van der Waals surface area contributed by atoms with Gasteiger partial charge in [0.15, 0.2) is 0 Å². The zero-order valence-corrected chi connectivity index (χ0v) is 17.1.